The molecule has 8 heteroatoms. The Labute approximate surface area is 196 Å². The zero-order valence-corrected chi connectivity index (χ0v) is 18.9. The highest BCUT2D eigenvalue weighted by Gasteiger charge is 2.44. The lowest BCUT2D eigenvalue weighted by Crippen LogP contribution is -2.53. The number of carbonyl (C=O) groups is 2. The van der Waals surface area contributed by atoms with Crippen molar-refractivity contribution in [1.82, 2.24) is 15.1 Å². The van der Waals surface area contributed by atoms with Crippen LogP contribution in [0.15, 0.2) is 48.7 Å². The van der Waals surface area contributed by atoms with Crippen LogP contribution in [-0.4, -0.2) is 41.5 Å². The second-order valence-electron chi connectivity index (χ2n) is 8.32. The summed E-state index contributed by atoms with van der Waals surface area (Å²) in [6.07, 6.45) is 4.45. The second kappa shape index (κ2) is 9.48. The highest BCUT2D eigenvalue weighted by Crippen LogP contribution is 2.42. The van der Waals surface area contributed by atoms with Crippen LogP contribution in [0.3, 0.4) is 0 Å². The van der Waals surface area contributed by atoms with Crippen molar-refractivity contribution in [3.05, 3.63) is 82.7 Å². The molecule has 1 aliphatic rings. The van der Waals surface area contributed by atoms with Gasteiger partial charge in [-0.2, -0.15) is 5.10 Å². The fraction of sp³-hybridized carbons (Fsp3) is 0.269. The van der Waals surface area contributed by atoms with Crippen molar-refractivity contribution < 1.29 is 18.4 Å². The molecule has 4 rings (SSSR count). The van der Waals surface area contributed by atoms with Crippen molar-refractivity contribution in [2.75, 3.05) is 19.0 Å². The average molecular weight is 463 g/mol. The Morgan fingerprint density at radius 3 is 2.50 bits per heavy atom. The van der Waals surface area contributed by atoms with Crippen LogP contribution in [0.2, 0.25) is 0 Å². The quantitative estimate of drug-likeness (QED) is 0.462. The van der Waals surface area contributed by atoms with Crippen LogP contribution in [0.4, 0.5) is 19.3 Å². The third-order valence-corrected chi connectivity index (χ3v) is 6.35. The fourth-order valence-corrected chi connectivity index (χ4v) is 4.56. The molecule has 0 fully saturated rings. The zero-order chi connectivity index (χ0) is 24.3. The lowest BCUT2D eigenvalue weighted by atomic mass is 9.76. The van der Waals surface area contributed by atoms with Gasteiger partial charge in [-0.1, -0.05) is 30.0 Å². The summed E-state index contributed by atoms with van der Waals surface area (Å²) in [6, 6.07) is 10.6. The number of carbonyl (C=O) groups excluding carboxylic acids is 2. The van der Waals surface area contributed by atoms with Crippen LogP contribution >= 0.6 is 0 Å². The lowest BCUT2D eigenvalue weighted by molar-refractivity contribution is -0.110. The van der Waals surface area contributed by atoms with Crippen LogP contribution in [0, 0.1) is 23.5 Å². The number of urea groups is 1. The number of hydrogen-bond donors (Lipinski definition) is 1. The SMILES string of the molecule is CN(C(=O)N(C)[C@]1(CC=O)CCCc2[nH]ncc21)c1c(F)cc(C#Cc2ccccc2)cc1F. The first-order chi connectivity index (χ1) is 16.4. The molecule has 0 spiro atoms. The van der Waals surface area contributed by atoms with E-state index in [0.717, 1.165) is 47.4 Å². The molecule has 0 saturated heterocycles. The van der Waals surface area contributed by atoms with Gasteiger partial charge in [0.2, 0.25) is 0 Å². The Hall–Kier alpha value is -3.99. The predicted molar refractivity (Wildman–Crippen MR) is 124 cm³/mol. The van der Waals surface area contributed by atoms with Crippen LogP contribution in [0.5, 0.6) is 0 Å². The molecule has 2 amide bonds. The van der Waals surface area contributed by atoms with Crippen molar-refractivity contribution in [2.45, 2.75) is 31.2 Å². The number of aromatic amines is 1. The molecule has 2 aromatic carbocycles. The molecule has 34 heavy (non-hydrogen) atoms. The first-order valence-electron chi connectivity index (χ1n) is 10.9. The zero-order valence-electron chi connectivity index (χ0n) is 18.9. The molecule has 1 N–H and O–H groups in total. The number of hydrogen-bond acceptors (Lipinski definition) is 3. The molecule has 0 unspecified atom stereocenters. The van der Waals surface area contributed by atoms with Crippen LogP contribution in [0.1, 0.15) is 41.6 Å². The third-order valence-electron chi connectivity index (χ3n) is 6.35. The maximum Gasteiger partial charge on any atom is 0.324 e. The number of aldehydes is 1. The Morgan fingerprint density at radius 1 is 1.15 bits per heavy atom. The number of H-pyrrole nitrogens is 1. The summed E-state index contributed by atoms with van der Waals surface area (Å²) in [7, 11) is 2.85. The van der Waals surface area contributed by atoms with Crippen LogP contribution in [-0.2, 0) is 16.8 Å². The van der Waals surface area contributed by atoms with Gasteiger partial charge < -0.3 is 9.69 Å². The topological polar surface area (TPSA) is 69.3 Å². The van der Waals surface area contributed by atoms with E-state index in [1.54, 1.807) is 25.4 Å². The van der Waals surface area contributed by atoms with E-state index >= 15 is 0 Å². The average Bonchev–Trinajstić information content (AvgIpc) is 3.32. The molecule has 0 radical (unpaired) electrons. The number of anilines is 1. The van der Waals surface area contributed by atoms with Crippen molar-refractivity contribution in [3.8, 4) is 11.8 Å². The Kier molecular flexibility index (Phi) is 6.46. The van der Waals surface area contributed by atoms with E-state index in [2.05, 4.69) is 22.0 Å². The van der Waals surface area contributed by atoms with Gasteiger partial charge in [0.1, 0.15) is 12.0 Å². The lowest BCUT2D eigenvalue weighted by Gasteiger charge is -2.44. The minimum Gasteiger partial charge on any atom is -0.317 e. The van der Waals surface area contributed by atoms with Crippen molar-refractivity contribution in [3.63, 3.8) is 0 Å². The Balaban J connectivity index is 1.64. The predicted octanol–water partition coefficient (Wildman–Crippen LogP) is 4.40. The van der Waals surface area contributed by atoms with E-state index in [1.807, 2.05) is 18.2 Å². The minimum absolute atomic E-state index is 0.0502. The van der Waals surface area contributed by atoms with Crippen molar-refractivity contribution in [2.24, 2.45) is 0 Å². The largest absolute Gasteiger partial charge is 0.324 e. The van der Waals surface area contributed by atoms with Crippen molar-refractivity contribution >= 4 is 18.0 Å². The summed E-state index contributed by atoms with van der Waals surface area (Å²) in [5, 5.41) is 7.00. The molecule has 1 atom stereocenters. The smallest absolute Gasteiger partial charge is 0.317 e. The molecule has 3 aromatic rings. The van der Waals surface area contributed by atoms with Gasteiger partial charge in [0, 0.05) is 42.9 Å². The van der Waals surface area contributed by atoms with E-state index in [9.17, 15) is 18.4 Å². The summed E-state index contributed by atoms with van der Waals surface area (Å²) in [6.45, 7) is 0. The molecule has 1 aromatic heterocycles. The molecular weight excluding hydrogens is 438 g/mol. The van der Waals surface area contributed by atoms with E-state index in [-0.39, 0.29) is 12.0 Å². The van der Waals surface area contributed by atoms with E-state index in [4.69, 9.17) is 0 Å². The summed E-state index contributed by atoms with van der Waals surface area (Å²) in [4.78, 5) is 27.3. The summed E-state index contributed by atoms with van der Waals surface area (Å²) >= 11 is 0. The second-order valence-corrected chi connectivity index (χ2v) is 8.32. The van der Waals surface area contributed by atoms with Crippen molar-refractivity contribution in [1.29, 1.82) is 0 Å². The first kappa shape index (κ1) is 23.2. The number of nitrogens with zero attached hydrogens (tertiary/aromatic N) is 3. The number of aromatic nitrogens is 2. The van der Waals surface area contributed by atoms with Gasteiger partial charge in [0.05, 0.1) is 11.7 Å². The highest BCUT2D eigenvalue weighted by atomic mass is 19.1. The summed E-state index contributed by atoms with van der Waals surface area (Å²) < 4.78 is 30.0. The molecule has 1 heterocycles. The monoisotopic (exact) mass is 462 g/mol. The normalized spacial score (nSPS) is 16.7. The van der Waals surface area contributed by atoms with Crippen LogP contribution < -0.4 is 4.90 Å². The van der Waals surface area contributed by atoms with Gasteiger partial charge in [-0.15, -0.1) is 0 Å². The highest BCUT2D eigenvalue weighted by molar-refractivity contribution is 5.92. The molecule has 0 aliphatic heterocycles. The fourth-order valence-electron chi connectivity index (χ4n) is 4.56. The van der Waals surface area contributed by atoms with E-state index < -0.39 is 28.9 Å². The Morgan fingerprint density at radius 2 is 1.82 bits per heavy atom. The number of rotatable bonds is 4. The summed E-state index contributed by atoms with van der Waals surface area (Å²) in [5.74, 6) is 3.80. The van der Waals surface area contributed by atoms with Gasteiger partial charge in [0.15, 0.2) is 11.6 Å². The maximum absolute atomic E-state index is 15.0. The minimum atomic E-state index is -0.943. The molecular formula is C26H24F2N4O2. The van der Waals surface area contributed by atoms with Gasteiger partial charge in [-0.3, -0.25) is 10.00 Å². The molecule has 0 bridgehead atoms. The maximum atomic E-state index is 15.0. The summed E-state index contributed by atoms with van der Waals surface area (Å²) in [5.41, 5.74) is 1.06. The van der Waals surface area contributed by atoms with E-state index in [1.165, 1.54) is 11.9 Å². The van der Waals surface area contributed by atoms with Crippen LogP contribution in [0.25, 0.3) is 0 Å². The Bertz CT molecular complexity index is 1260. The number of fused-ring (bicyclic) bond motifs is 1. The van der Waals surface area contributed by atoms with Gasteiger partial charge >= 0.3 is 6.03 Å². The van der Waals surface area contributed by atoms with E-state index in [0.29, 0.717) is 12.0 Å². The number of nitrogens with one attached hydrogen (secondary N) is 1. The number of aryl methyl sites for hydroxylation is 1. The van der Waals surface area contributed by atoms with Gasteiger partial charge in [-0.05, 0) is 43.5 Å². The molecule has 6 nitrogen and oxygen atoms in total. The number of benzene rings is 2. The standard InChI is InChI=1S/C26H24F2N4O2/c1-31(24-21(27)15-19(16-22(24)28)11-10-18-7-4-3-5-8-18)25(34)32(2)26(13-14-33)12-6-9-23-20(26)17-29-30-23/h3-5,7-8,14-17H,6,9,12-13H2,1-2H3,(H,29,30)/t26-/m0/s1. The third kappa shape index (κ3) is 4.17. The molecule has 174 valence electrons. The number of amides is 2. The van der Waals surface area contributed by atoms with Gasteiger partial charge in [0.25, 0.3) is 0 Å². The molecule has 0 saturated carbocycles. The van der Waals surface area contributed by atoms with Gasteiger partial charge in [-0.25, -0.2) is 13.6 Å². The number of halogens is 2. The molecule has 1 aliphatic carbocycles. The first-order valence-corrected chi connectivity index (χ1v) is 10.9.